The normalized spacial score (nSPS) is 18.1. The molecule has 0 spiro atoms. The van der Waals surface area contributed by atoms with Crippen molar-refractivity contribution < 1.29 is 18.0 Å². The first kappa shape index (κ1) is 22.6. The van der Waals surface area contributed by atoms with Gasteiger partial charge in [0.25, 0.3) is 5.91 Å². The molecule has 1 aromatic carbocycles. The van der Waals surface area contributed by atoms with Crippen LogP contribution in [0.1, 0.15) is 36.1 Å². The maximum absolute atomic E-state index is 13.5. The summed E-state index contributed by atoms with van der Waals surface area (Å²) in [5.41, 5.74) is 0.919. The molecule has 8 nitrogen and oxygen atoms in total. The molecule has 0 N–H and O–H groups in total. The van der Waals surface area contributed by atoms with Crippen LogP contribution in [0.4, 0.5) is 19.1 Å². The van der Waals surface area contributed by atoms with E-state index < -0.39 is 18.0 Å². The van der Waals surface area contributed by atoms with Crippen molar-refractivity contribution in [2.75, 3.05) is 44.2 Å². The van der Waals surface area contributed by atoms with Crippen LogP contribution in [-0.2, 0) is 6.18 Å². The second-order valence-electron chi connectivity index (χ2n) is 9.04. The zero-order valence-electron chi connectivity index (χ0n) is 19.0. The highest BCUT2D eigenvalue weighted by Crippen LogP contribution is 2.34. The number of halogens is 3. The number of fused-ring (bicyclic) bond motifs is 1. The van der Waals surface area contributed by atoms with Crippen molar-refractivity contribution in [3.05, 3.63) is 48.0 Å². The number of amides is 1. The maximum Gasteiger partial charge on any atom is 0.449 e. The summed E-state index contributed by atoms with van der Waals surface area (Å²) in [7, 11) is 0. The number of piperazine rings is 1. The topological polar surface area (TPSA) is 70.4 Å². The van der Waals surface area contributed by atoms with Gasteiger partial charge in [-0.1, -0.05) is 0 Å². The van der Waals surface area contributed by atoms with Crippen LogP contribution in [-0.4, -0.2) is 80.5 Å². The number of imidazole rings is 1. The lowest BCUT2D eigenvalue weighted by molar-refractivity contribution is -0.147. The molecular weight excluding hydrogens is 447 g/mol. The Morgan fingerprint density at radius 2 is 1.74 bits per heavy atom. The summed E-state index contributed by atoms with van der Waals surface area (Å²) in [6.45, 7) is 7.95. The zero-order valence-corrected chi connectivity index (χ0v) is 19.0. The average Bonchev–Trinajstić information content (AvgIpc) is 3.19. The molecule has 2 aromatic heterocycles. The van der Waals surface area contributed by atoms with Gasteiger partial charge in [0, 0.05) is 69.3 Å². The lowest BCUT2D eigenvalue weighted by Gasteiger charge is -2.48. The highest BCUT2D eigenvalue weighted by atomic mass is 19.4. The molecule has 0 bridgehead atoms. The van der Waals surface area contributed by atoms with Gasteiger partial charge in [-0.25, -0.2) is 15.0 Å². The minimum Gasteiger partial charge on any atom is -0.338 e. The summed E-state index contributed by atoms with van der Waals surface area (Å²) in [5, 5.41) is 0. The highest BCUT2D eigenvalue weighted by molar-refractivity contribution is 5.98. The first-order valence-corrected chi connectivity index (χ1v) is 11.4. The van der Waals surface area contributed by atoms with Crippen molar-refractivity contribution in [2.45, 2.75) is 32.1 Å². The fraction of sp³-hybridized carbons (Fsp3) is 0.478. The molecule has 0 radical (unpaired) electrons. The molecule has 2 fully saturated rings. The van der Waals surface area contributed by atoms with E-state index in [1.807, 2.05) is 0 Å². The lowest BCUT2D eigenvalue weighted by atomic mass is 10.0. The second kappa shape index (κ2) is 8.53. The Labute approximate surface area is 195 Å². The second-order valence-corrected chi connectivity index (χ2v) is 9.04. The van der Waals surface area contributed by atoms with E-state index in [1.54, 1.807) is 49.3 Å². The molecular formula is C23H26F3N7O. The number of hydrogen-bond acceptors (Lipinski definition) is 6. The molecule has 0 unspecified atom stereocenters. The van der Waals surface area contributed by atoms with Crippen LogP contribution in [0.15, 0.2) is 36.7 Å². The number of hydrogen-bond donors (Lipinski definition) is 0. The molecule has 2 aliphatic heterocycles. The number of nitrogens with zero attached hydrogens (tertiary/aromatic N) is 7. The first-order chi connectivity index (χ1) is 16.2. The zero-order chi connectivity index (χ0) is 24.0. The van der Waals surface area contributed by atoms with Crippen LogP contribution in [0.5, 0.6) is 0 Å². The SMILES string of the molecule is CC(C)n1c(C(F)(F)F)nc2cc(C(=O)N3CC(N4CCN(c5ncccn5)CC4)C3)ccc21. The van der Waals surface area contributed by atoms with Gasteiger partial charge in [-0.15, -0.1) is 0 Å². The van der Waals surface area contributed by atoms with Gasteiger partial charge in [0.1, 0.15) is 0 Å². The minimum atomic E-state index is -4.56. The summed E-state index contributed by atoms with van der Waals surface area (Å²) in [4.78, 5) is 31.7. The molecule has 4 heterocycles. The number of rotatable bonds is 4. The highest BCUT2D eigenvalue weighted by Gasteiger charge is 2.39. The summed E-state index contributed by atoms with van der Waals surface area (Å²) in [6, 6.07) is 6.29. The van der Waals surface area contributed by atoms with E-state index in [9.17, 15) is 18.0 Å². The van der Waals surface area contributed by atoms with E-state index in [0.717, 1.165) is 32.1 Å². The van der Waals surface area contributed by atoms with Crippen molar-refractivity contribution >= 4 is 22.9 Å². The molecule has 11 heteroatoms. The van der Waals surface area contributed by atoms with Gasteiger partial charge in [0.15, 0.2) is 0 Å². The van der Waals surface area contributed by atoms with Crippen molar-refractivity contribution in [3.8, 4) is 0 Å². The third-order valence-corrected chi connectivity index (χ3v) is 6.52. The summed E-state index contributed by atoms with van der Waals surface area (Å²) in [6.07, 6.45) is -1.09. The Balaban J connectivity index is 1.23. The maximum atomic E-state index is 13.5. The molecule has 2 aliphatic rings. The summed E-state index contributed by atoms with van der Waals surface area (Å²) < 4.78 is 41.6. The van der Waals surface area contributed by atoms with E-state index in [2.05, 4.69) is 24.8 Å². The van der Waals surface area contributed by atoms with Gasteiger partial charge in [0.2, 0.25) is 11.8 Å². The molecule has 0 atom stereocenters. The van der Waals surface area contributed by atoms with Gasteiger partial charge in [-0.05, 0) is 38.1 Å². The third kappa shape index (κ3) is 4.08. The molecule has 2 saturated heterocycles. The van der Waals surface area contributed by atoms with Crippen LogP contribution in [0.2, 0.25) is 0 Å². The quantitative estimate of drug-likeness (QED) is 0.580. The van der Waals surface area contributed by atoms with Gasteiger partial charge in [0.05, 0.1) is 11.0 Å². The number of carbonyl (C=O) groups is 1. The monoisotopic (exact) mass is 473 g/mol. The lowest BCUT2D eigenvalue weighted by Crippen LogP contribution is -2.64. The van der Waals surface area contributed by atoms with E-state index >= 15 is 0 Å². The summed E-state index contributed by atoms with van der Waals surface area (Å²) in [5.74, 6) is -0.384. The fourth-order valence-corrected chi connectivity index (χ4v) is 4.73. The first-order valence-electron chi connectivity index (χ1n) is 11.4. The van der Waals surface area contributed by atoms with Gasteiger partial charge >= 0.3 is 6.18 Å². The standard InChI is InChI=1S/C23H26F3N7O/c1-15(2)33-19-5-4-16(12-18(19)29-21(33)23(24,25)26)20(34)32-13-17(14-32)30-8-10-31(11-9-30)22-27-6-3-7-28-22/h3-7,12,15,17H,8-11,13-14H2,1-2H3. The van der Waals surface area contributed by atoms with Crippen molar-refractivity contribution in [3.63, 3.8) is 0 Å². The number of benzene rings is 1. The van der Waals surface area contributed by atoms with Crippen LogP contribution in [0, 0.1) is 0 Å². The van der Waals surface area contributed by atoms with Crippen LogP contribution < -0.4 is 4.90 Å². The molecule has 5 rings (SSSR count). The van der Waals surface area contributed by atoms with Crippen LogP contribution in [0.25, 0.3) is 11.0 Å². The largest absolute Gasteiger partial charge is 0.449 e. The van der Waals surface area contributed by atoms with E-state index in [1.165, 1.54) is 10.6 Å². The van der Waals surface area contributed by atoms with Crippen molar-refractivity contribution in [1.82, 2.24) is 29.3 Å². The number of likely N-dealkylation sites (tertiary alicyclic amines) is 1. The Bertz CT molecular complexity index is 1180. The number of aromatic nitrogens is 4. The Hall–Kier alpha value is -3.21. The van der Waals surface area contributed by atoms with Gasteiger partial charge in [-0.2, -0.15) is 13.2 Å². The molecule has 1 amide bonds. The molecule has 34 heavy (non-hydrogen) atoms. The van der Waals surface area contributed by atoms with Crippen LogP contribution in [0.3, 0.4) is 0 Å². The Morgan fingerprint density at radius 1 is 1.06 bits per heavy atom. The summed E-state index contributed by atoms with van der Waals surface area (Å²) >= 11 is 0. The molecule has 180 valence electrons. The van der Waals surface area contributed by atoms with E-state index in [4.69, 9.17) is 0 Å². The minimum absolute atomic E-state index is 0.179. The fourth-order valence-electron chi connectivity index (χ4n) is 4.73. The van der Waals surface area contributed by atoms with Gasteiger partial charge < -0.3 is 14.4 Å². The molecule has 0 saturated carbocycles. The number of carbonyl (C=O) groups excluding carboxylic acids is 1. The Kier molecular flexibility index (Phi) is 5.67. The van der Waals surface area contributed by atoms with Crippen LogP contribution >= 0.6 is 0 Å². The van der Waals surface area contributed by atoms with Crippen molar-refractivity contribution in [1.29, 1.82) is 0 Å². The third-order valence-electron chi connectivity index (χ3n) is 6.52. The molecule has 0 aliphatic carbocycles. The predicted molar refractivity (Wildman–Crippen MR) is 121 cm³/mol. The van der Waals surface area contributed by atoms with Gasteiger partial charge in [-0.3, -0.25) is 9.69 Å². The van der Waals surface area contributed by atoms with Crippen molar-refractivity contribution in [2.24, 2.45) is 0 Å². The predicted octanol–water partition coefficient (Wildman–Crippen LogP) is 3.07. The molecule has 3 aromatic rings. The van der Waals surface area contributed by atoms with E-state index in [0.29, 0.717) is 24.2 Å². The van der Waals surface area contributed by atoms with E-state index in [-0.39, 0.29) is 17.5 Å². The smallest absolute Gasteiger partial charge is 0.338 e. The number of anilines is 1. The Morgan fingerprint density at radius 3 is 2.35 bits per heavy atom. The average molecular weight is 474 g/mol. The number of alkyl halides is 3.